The van der Waals surface area contributed by atoms with Crippen LogP contribution in [0.3, 0.4) is 0 Å². The third-order valence-electron chi connectivity index (χ3n) is 22.9. The third kappa shape index (κ3) is 14.6. The highest BCUT2D eigenvalue weighted by atomic mass is 35.5. The van der Waals surface area contributed by atoms with Gasteiger partial charge in [-0.05, 0) is 172 Å². The molecular weight excluding hydrogens is 1640 g/mol. The molecule has 12 aromatic rings. The van der Waals surface area contributed by atoms with E-state index >= 15 is 16.8 Å². The molecule has 8 aliphatic heterocycles. The van der Waals surface area contributed by atoms with Crippen molar-refractivity contribution in [3.05, 3.63) is 358 Å². The molecular formula is C88H88Cl2N14O16S2. The molecule has 632 valence electrons. The highest BCUT2D eigenvalue weighted by Crippen LogP contribution is 2.56. The molecule has 30 nitrogen and oxygen atoms in total. The summed E-state index contributed by atoms with van der Waals surface area (Å²) in [6.45, 7) is 18.6. The summed E-state index contributed by atoms with van der Waals surface area (Å²) >= 11 is 12.6. The van der Waals surface area contributed by atoms with Crippen molar-refractivity contribution < 1.29 is 35.9 Å². The Morgan fingerprint density at radius 3 is 0.885 bits per heavy atom. The van der Waals surface area contributed by atoms with Gasteiger partial charge in [-0.1, -0.05) is 196 Å². The lowest BCUT2D eigenvalue weighted by Gasteiger charge is -2.43. The van der Waals surface area contributed by atoms with Gasteiger partial charge >= 0.3 is 57.5 Å². The largest absolute Gasteiger partial charge is 0.466 e. The molecule has 0 aliphatic carbocycles. The third-order valence-corrected chi connectivity index (χ3v) is 27.2. The molecule has 4 aromatic heterocycles. The Balaban J connectivity index is 0.000000167. The zero-order valence-electron chi connectivity index (χ0n) is 68.1. The van der Waals surface area contributed by atoms with Crippen LogP contribution in [0, 0.1) is 25.7 Å². The number of rotatable bonds is 14. The fraction of sp³-hybridized carbons (Fsp3) is 0.295. The molecule has 2 fully saturated rings. The van der Waals surface area contributed by atoms with Gasteiger partial charge in [0.15, 0.2) is 0 Å². The Labute approximate surface area is 709 Å². The van der Waals surface area contributed by atoms with Crippen molar-refractivity contribution in [2.75, 3.05) is 13.2 Å². The molecule has 2 saturated heterocycles. The number of esters is 2. The quantitative estimate of drug-likeness (QED) is 0.0721. The Kier molecular flexibility index (Phi) is 23.2. The van der Waals surface area contributed by atoms with Crippen molar-refractivity contribution in [3.8, 4) is 22.7 Å². The van der Waals surface area contributed by atoms with E-state index in [2.05, 4.69) is 9.47 Å². The van der Waals surface area contributed by atoms with E-state index in [0.29, 0.717) is 68.3 Å². The number of carbonyl (C=O) groups excluding carboxylic acids is 2. The minimum Gasteiger partial charge on any atom is -0.466 e. The highest BCUT2D eigenvalue weighted by Gasteiger charge is 2.60. The maximum absolute atomic E-state index is 15.2. The van der Waals surface area contributed by atoms with Gasteiger partial charge < -0.3 is 9.47 Å². The van der Waals surface area contributed by atoms with E-state index in [0.717, 1.165) is 29.4 Å². The average molecular weight is 1730 g/mol. The average Bonchev–Trinajstić information content (AvgIpc) is 1.52. The Morgan fingerprint density at radius 2 is 0.631 bits per heavy atom. The Bertz CT molecular complexity index is 6450. The molecule has 34 heteroatoms. The summed E-state index contributed by atoms with van der Waals surface area (Å²) in [5, 5.41) is 0.913. The molecule has 0 amide bonds. The summed E-state index contributed by atoms with van der Waals surface area (Å²) in [6, 6.07) is 53.3. The van der Waals surface area contributed by atoms with E-state index in [4.69, 9.17) is 23.2 Å². The summed E-state index contributed by atoms with van der Waals surface area (Å²) in [5.41, 5.74) is -0.442. The number of aryl methyl sites for hydroxylation is 2. The Morgan fingerprint density at radius 1 is 0.369 bits per heavy atom. The number of hydrogen-bond acceptors (Lipinski definition) is 16. The van der Waals surface area contributed by atoms with E-state index in [1.165, 1.54) is 84.2 Å². The molecule has 20 rings (SSSR count). The van der Waals surface area contributed by atoms with E-state index in [-0.39, 0.29) is 46.4 Å². The summed E-state index contributed by atoms with van der Waals surface area (Å²) in [4.78, 5) is 138. The SMILES string of the molecule is CCOC(C)=O.CCOC(C)=O.Cc1ccc(S(=O)(=O)N2[C@@H](C(C)C)C[C@H]3[C@H]4C(=C[C@@H](c5ccc(Cl)cc5)n5c(=O)n(-c6ccccc6)c(=O)n54)[C@@H]2n2c(=O)n(-c4ccccc4)c(=O)n23)cc1.Cc1ccc(S(=O)(=O)N2[C@@H](C(C)C)C[C@H]3[C@H]4C(=C[C@@H](c5ccc(Cl)cc5)n5c(=O)n(-c6ccccc6)c(=O)n54)[C@@H]2n2c(=O)n(-c4ccccc4)c(=O)n23)cc1. The topological polar surface area (TPSA) is 323 Å². The number of fused-ring (bicyclic) bond motifs is 6. The first-order valence-electron chi connectivity index (χ1n) is 39.8. The van der Waals surface area contributed by atoms with Crippen LogP contribution in [0.1, 0.15) is 139 Å². The maximum Gasteiger partial charge on any atom is 0.353 e. The predicted molar refractivity (Wildman–Crippen MR) is 458 cm³/mol. The summed E-state index contributed by atoms with van der Waals surface area (Å²) in [6.07, 6.45) is 0.839. The van der Waals surface area contributed by atoms with E-state index in [1.54, 1.807) is 220 Å². The van der Waals surface area contributed by atoms with Crippen molar-refractivity contribution >= 4 is 55.2 Å². The molecule has 0 spiro atoms. The Hall–Kier alpha value is -12.5. The monoisotopic (exact) mass is 1730 g/mol. The summed E-state index contributed by atoms with van der Waals surface area (Å²) in [5.74, 6) is -1.03. The second-order valence-corrected chi connectivity index (χ2v) is 35.6. The van der Waals surface area contributed by atoms with Crippen molar-refractivity contribution in [1.29, 1.82) is 0 Å². The molecule has 4 bridgehead atoms. The number of sulfonamides is 2. The number of benzene rings is 8. The van der Waals surface area contributed by atoms with Crippen LogP contribution >= 0.6 is 23.2 Å². The highest BCUT2D eigenvalue weighted by molar-refractivity contribution is 7.89. The number of carbonyl (C=O) groups is 2. The number of para-hydroxylation sites is 4. The van der Waals surface area contributed by atoms with Crippen LogP contribution in [-0.4, -0.2) is 118 Å². The van der Waals surface area contributed by atoms with Crippen molar-refractivity contribution in [1.82, 2.24) is 64.3 Å². The lowest BCUT2D eigenvalue weighted by molar-refractivity contribution is -0.141. The smallest absolute Gasteiger partial charge is 0.353 e. The molecule has 8 aliphatic rings. The van der Waals surface area contributed by atoms with E-state index in [1.807, 2.05) is 41.5 Å². The van der Waals surface area contributed by atoms with Gasteiger partial charge in [0.25, 0.3) is 0 Å². The van der Waals surface area contributed by atoms with Gasteiger partial charge in [0.2, 0.25) is 20.0 Å². The number of aromatic nitrogens is 12. The minimum atomic E-state index is -4.40. The van der Waals surface area contributed by atoms with E-state index < -0.39 is 126 Å². The lowest BCUT2D eigenvalue weighted by Crippen LogP contribution is -2.53. The van der Waals surface area contributed by atoms with Gasteiger partial charge in [0, 0.05) is 36.0 Å². The van der Waals surface area contributed by atoms with Gasteiger partial charge in [-0.25, -0.2) is 111 Å². The van der Waals surface area contributed by atoms with Crippen LogP contribution in [0.4, 0.5) is 0 Å². The second kappa shape index (κ2) is 33.5. The predicted octanol–water partition coefficient (Wildman–Crippen LogP) is 10.8. The first-order chi connectivity index (χ1) is 58.3. The first kappa shape index (κ1) is 84.6. The standard InChI is InChI=1S/2C40H36ClN7O6S.2C4H8O2/c2*1-24(2)32-23-34-35-31(22-33(26-16-18-27(41)19-17-26)44-37(49)42(39(51)46(35)44)28-10-6-4-7-11-28)36(48(32)55(53,54)30-20-14-25(3)15-21-30)47-40(52)43(38(50)45(34)47)29-12-8-5-9-13-29;2*1-3-6-4(2)5/h2*4-22,24,32-36H,23H2,1-3H3;2*3H2,1-2H3/t2*32-,33+,34+,35-,36-;;/m11../s1. The first-order valence-corrected chi connectivity index (χ1v) is 43.4. The van der Waals surface area contributed by atoms with Crippen LogP contribution < -0.4 is 45.5 Å². The molecule has 0 unspecified atom stereocenters. The van der Waals surface area contributed by atoms with Crippen LogP contribution in [0.15, 0.2) is 290 Å². The fourth-order valence-corrected chi connectivity index (χ4v) is 21.6. The van der Waals surface area contributed by atoms with Crippen LogP contribution in [0.5, 0.6) is 0 Å². The number of halogens is 2. The van der Waals surface area contributed by atoms with Crippen LogP contribution in [-0.2, 0) is 39.1 Å². The van der Waals surface area contributed by atoms with Gasteiger partial charge in [-0.3, -0.25) is 9.59 Å². The molecule has 8 aromatic carbocycles. The zero-order valence-corrected chi connectivity index (χ0v) is 71.2. The number of hydrogen-bond donors (Lipinski definition) is 0. The van der Waals surface area contributed by atoms with Crippen molar-refractivity contribution in [2.45, 2.75) is 153 Å². The van der Waals surface area contributed by atoms with Crippen molar-refractivity contribution in [3.63, 3.8) is 0 Å². The molecule has 12 heterocycles. The molecule has 0 N–H and O–H groups in total. The summed E-state index contributed by atoms with van der Waals surface area (Å²) < 4.78 is 87.1. The summed E-state index contributed by atoms with van der Waals surface area (Å²) in [7, 11) is -8.80. The van der Waals surface area contributed by atoms with Crippen LogP contribution in [0.2, 0.25) is 10.0 Å². The van der Waals surface area contributed by atoms with Gasteiger partial charge in [0.1, 0.15) is 24.4 Å². The van der Waals surface area contributed by atoms with Crippen molar-refractivity contribution in [2.24, 2.45) is 11.8 Å². The number of nitrogens with zero attached hydrogens (tertiary/aromatic N) is 14. The van der Waals surface area contributed by atoms with Gasteiger partial charge in [-0.2, -0.15) is 8.61 Å². The molecule has 0 saturated carbocycles. The number of ether oxygens (including phenoxy) is 2. The molecule has 10 atom stereocenters. The number of allylic oxidation sites excluding steroid dienone is 2. The minimum absolute atomic E-state index is 0.0186. The van der Waals surface area contributed by atoms with E-state index in [9.17, 15) is 47.9 Å². The molecule has 0 radical (unpaired) electrons. The van der Waals surface area contributed by atoms with Gasteiger partial charge in [-0.15, -0.1) is 0 Å². The second-order valence-electron chi connectivity index (χ2n) is 31.0. The normalized spacial score (nSPS) is 20.4. The zero-order chi connectivity index (χ0) is 87.0. The maximum atomic E-state index is 15.2. The molecule has 122 heavy (non-hydrogen) atoms. The fourth-order valence-electron chi connectivity index (χ4n) is 17.6. The van der Waals surface area contributed by atoms with Crippen LogP contribution in [0.25, 0.3) is 22.7 Å². The van der Waals surface area contributed by atoms with Gasteiger partial charge in [0.05, 0.1) is 69.9 Å². The lowest BCUT2D eigenvalue weighted by atomic mass is 9.88.